The Hall–Kier alpha value is -0.120. The summed E-state index contributed by atoms with van der Waals surface area (Å²) in [5.41, 5.74) is 0. The second-order valence-corrected chi connectivity index (χ2v) is 4.06. The van der Waals surface area contributed by atoms with E-state index in [1.807, 2.05) is 13.8 Å². The standard InChI is InChI=1S/C9H17NO2/c1-4-6-8-7(5-10-6)11-9(2,3)12-8/h6-8,10H,4-5H2,1-3H3/t6-,7?,8?/m1/s1. The van der Waals surface area contributed by atoms with Crippen molar-refractivity contribution in [1.29, 1.82) is 0 Å². The molecule has 2 unspecified atom stereocenters. The first-order valence-electron chi connectivity index (χ1n) is 4.71. The predicted octanol–water partition coefficient (Wildman–Crippen LogP) is 0.888. The molecule has 0 amide bonds. The van der Waals surface area contributed by atoms with Crippen LogP contribution in [0.2, 0.25) is 0 Å². The minimum Gasteiger partial charge on any atom is -0.343 e. The SMILES string of the molecule is CC[C@H]1NCC2OC(C)(C)OC21. The molecule has 0 saturated carbocycles. The molecule has 70 valence electrons. The van der Waals surface area contributed by atoms with E-state index in [0.717, 1.165) is 13.0 Å². The number of ether oxygens (including phenoxy) is 2. The molecular weight excluding hydrogens is 154 g/mol. The largest absolute Gasteiger partial charge is 0.343 e. The molecule has 2 rings (SSSR count). The molecule has 0 bridgehead atoms. The van der Waals surface area contributed by atoms with Crippen LogP contribution in [0.3, 0.4) is 0 Å². The van der Waals surface area contributed by atoms with Gasteiger partial charge in [-0.15, -0.1) is 0 Å². The molecule has 3 atom stereocenters. The van der Waals surface area contributed by atoms with E-state index in [1.165, 1.54) is 0 Å². The van der Waals surface area contributed by atoms with Crippen LogP contribution in [0.5, 0.6) is 0 Å². The maximum atomic E-state index is 5.79. The first-order chi connectivity index (χ1) is 5.62. The van der Waals surface area contributed by atoms with E-state index in [2.05, 4.69) is 12.2 Å². The van der Waals surface area contributed by atoms with Crippen LogP contribution in [0, 0.1) is 0 Å². The van der Waals surface area contributed by atoms with Gasteiger partial charge in [0, 0.05) is 12.6 Å². The van der Waals surface area contributed by atoms with Crippen LogP contribution in [-0.4, -0.2) is 30.6 Å². The predicted molar refractivity (Wildman–Crippen MR) is 45.9 cm³/mol. The number of hydrogen-bond donors (Lipinski definition) is 1. The molecule has 2 aliphatic rings. The summed E-state index contributed by atoms with van der Waals surface area (Å²) in [4.78, 5) is 0. The first kappa shape index (κ1) is 8.48. The third-order valence-electron chi connectivity index (χ3n) is 2.64. The number of rotatable bonds is 1. The minimum atomic E-state index is -0.370. The second kappa shape index (κ2) is 2.69. The van der Waals surface area contributed by atoms with Crippen molar-refractivity contribution in [2.45, 2.75) is 51.2 Å². The highest BCUT2D eigenvalue weighted by molar-refractivity contribution is 4.96. The zero-order chi connectivity index (χ0) is 8.77. The van der Waals surface area contributed by atoms with Gasteiger partial charge in [-0.25, -0.2) is 0 Å². The third-order valence-corrected chi connectivity index (χ3v) is 2.64. The highest BCUT2D eigenvalue weighted by atomic mass is 16.8. The van der Waals surface area contributed by atoms with Crippen molar-refractivity contribution in [2.75, 3.05) is 6.54 Å². The van der Waals surface area contributed by atoms with Gasteiger partial charge in [-0.05, 0) is 20.3 Å². The topological polar surface area (TPSA) is 30.5 Å². The Morgan fingerprint density at radius 2 is 2.17 bits per heavy atom. The van der Waals surface area contributed by atoms with Crippen molar-refractivity contribution in [1.82, 2.24) is 5.32 Å². The van der Waals surface area contributed by atoms with Crippen molar-refractivity contribution >= 4 is 0 Å². The van der Waals surface area contributed by atoms with Gasteiger partial charge in [-0.3, -0.25) is 0 Å². The molecule has 1 N–H and O–H groups in total. The lowest BCUT2D eigenvalue weighted by Crippen LogP contribution is -2.34. The lowest BCUT2D eigenvalue weighted by molar-refractivity contribution is -0.152. The number of fused-ring (bicyclic) bond motifs is 1. The van der Waals surface area contributed by atoms with E-state index in [-0.39, 0.29) is 18.0 Å². The fourth-order valence-corrected chi connectivity index (χ4v) is 2.12. The molecule has 12 heavy (non-hydrogen) atoms. The van der Waals surface area contributed by atoms with Gasteiger partial charge in [0.25, 0.3) is 0 Å². The van der Waals surface area contributed by atoms with Gasteiger partial charge >= 0.3 is 0 Å². The molecule has 0 aromatic rings. The fraction of sp³-hybridized carbons (Fsp3) is 1.00. The van der Waals surface area contributed by atoms with Crippen LogP contribution < -0.4 is 5.32 Å². The second-order valence-electron chi connectivity index (χ2n) is 4.06. The summed E-state index contributed by atoms with van der Waals surface area (Å²) in [5, 5.41) is 3.40. The molecule has 3 heteroatoms. The zero-order valence-corrected chi connectivity index (χ0v) is 7.96. The number of nitrogens with one attached hydrogen (secondary N) is 1. The van der Waals surface area contributed by atoms with Crippen LogP contribution in [0.4, 0.5) is 0 Å². The highest BCUT2D eigenvalue weighted by Crippen LogP contribution is 2.33. The van der Waals surface area contributed by atoms with E-state index < -0.39 is 0 Å². The summed E-state index contributed by atoms with van der Waals surface area (Å²) in [6.07, 6.45) is 1.65. The van der Waals surface area contributed by atoms with Crippen molar-refractivity contribution < 1.29 is 9.47 Å². The summed E-state index contributed by atoms with van der Waals surface area (Å²) < 4.78 is 11.5. The first-order valence-corrected chi connectivity index (χ1v) is 4.71. The van der Waals surface area contributed by atoms with Gasteiger partial charge in [0.2, 0.25) is 0 Å². The Kier molecular flexibility index (Phi) is 1.90. The summed E-state index contributed by atoms with van der Waals surface area (Å²) in [6, 6.07) is 0.483. The maximum Gasteiger partial charge on any atom is 0.163 e. The molecule has 0 aliphatic carbocycles. The van der Waals surface area contributed by atoms with Gasteiger partial charge in [0.05, 0.1) is 0 Å². The average molecular weight is 171 g/mol. The Morgan fingerprint density at radius 1 is 1.42 bits per heavy atom. The molecule has 2 heterocycles. The summed E-state index contributed by atoms with van der Waals surface area (Å²) in [7, 11) is 0. The van der Waals surface area contributed by atoms with Gasteiger partial charge < -0.3 is 14.8 Å². The van der Waals surface area contributed by atoms with Gasteiger partial charge in [0.1, 0.15) is 12.2 Å². The van der Waals surface area contributed by atoms with Gasteiger partial charge in [-0.1, -0.05) is 6.92 Å². The Morgan fingerprint density at radius 3 is 2.83 bits per heavy atom. The molecule has 0 aromatic heterocycles. The summed E-state index contributed by atoms with van der Waals surface area (Å²) in [6.45, 7) is 7.08. The summed E-state index contributed by atoms with van der Waals surface area (Å²) >= 11 is 0. The minimum absolute atomic E-state index is 0.268. The normalized spacial score (nSPS) is 44.8. The van der Waals surface area contributed by atoms with Crippen LogP contribution in [0.25, 0.3) is 0 Å². The van der Waals surface area contributed by atoms with Crippen molar-refractivity contribution in [3.63, 3.8) is 0 Å². The van der Waals surface area contributed by atoms with Gasteiger partial charge in [0.15, 0.2) is 5.79 Å². The molecule has 3 nitrogen and oxygen atoms in total. The molecule has 2 aliphatic heterocycles. The van der Waals surface area contributed by atoms with E-state index in [0.29, 0.717) is 6.04 Å². The van der Waals surface area contributed by atoms with Crippen molar-refractivity contribution in [2.24, 2.45) is 0 Å². The highest BCUT2D eigenvalue weighted by Gasteiger charge is 2.48. The smallest absolute Gasteiger partial charge is 0.163 e. The molecule has 0 aromatic carbocycles. The fourth-order valence-electron chi connectivity index (χ4n) is 2.12. The Labute approximate surface area is 73.4 Å². The average Bonchev–Trinajstić information content (AvgIpc) is 2.42. The molecule has 2 fully saturated rings. The van der Waals surface area contributed by atoms with Gasteiger partial charge in [-0.2, -0.15) is 0 Å². The van der Waals surface area contributed by atoms with Crippen LogP contribution in [-0.2, 0) is 9.47 Å². The van der Waals surface area contributed by atoms with Crippen molar-refractivity contribution in [3.05, 3.63) is 0 Å². The molecule has 2 saturated heterocycles. The molecule has 0 spiro atoms. The Bertz CT molecular complexity index is 181. The van der Waals surface area contributed by atoms with E-state index in [4.69, 9.17) is 9.47 Å². The maximum absolute atomic E-state index is 5.79. The molecular formula is C9H17NO2. The van der Waals surface area contributed by atoms with Crippen LogP contribution in [0.1, 0.15) is 27.2 Å². The lowest BCUT2D eigenvalue weighted by atomic mass is 10.1. The lowest BCUT2D eigenvalue weighted by Gasteiger charge is -2.21. The van der Waals surface area contributed by atoms with E-state index in [9.17, 15) is 0 Å². The third kappa shape index (κ3) is 1.26. The van der Waals surface area contributed by atoms with E-state index in [1.54, 1.807) is 0 Å². The number of hydrogen-bond acceptors (Lipinski definition) is 3. The quantitative estimate of drug-likeness (QED) is 0.635. The zero-order valence-electron chi connectivity index (χ0n) is 7.96. The van der Waals surface area contributed by atoms with Crippen LogP contribution in [0.15, 0.2) is 0 Å². The summed E-state index contributed by atoms with van der Waals surface area (Å²) in [5.74, 6) is -0.370. The molecule has 0 radical (unpaired) electrons. The monoisotopic (exact) mass is 171 g/mol. The van der Waals surface area contributed by atoms with Crippen molar-refractivity contribution in [3.8, 4) is 0 Å². The van der Waals surface area contributed by atoms with Crippen LogP contribution >= 0.6 is 0 Å². The van der Waals surface area contributed by atoms with E-state index >= 15 is 0 Å². The Balaban J connectivity index is 2.06.